The monoisotopic (exact) mass is 410 g/mol. The number of hydrogen-bond acceptors (Lipinski definition) is 8. The highest BCUT2D eigenvalue weighted by atomic mass is 32.2. The molecule has 4 rings (SSSR count). The Hall–Kier alpha value is -2.65. The summed E-state index contributed by atoms with van der Waals surface area (Å²) in [5.41, 5.74) is 2.88. The summed E-state index contributed by atoms with van der Waals surface area (Å²) in [5.74, 6) is 2.33. The lowest BCUT2D eigenvalue weighted by Crippen LogP contribution is -2.05. The van der Waals surface area contributed by atoms with Gasteiger partial charge in [0.2, 0.25) is 11.7 Å². The largest absolute Gasteiger partial charge is 0.338 e. The van der Waals surface area contributed by atoms with E-state index >= 15 is 0 Å². The summed E-state index contributed by atoms with van der Waals surface area (Å²) in [4.78, 5) is 14.6. The van der Waals surface area contributed by atoms with Crippen molar-refractivity contribution >= 4 is 23.5 Å². The summed E-state index contributed by atoms with van der Waals surface area (Å²) in [7, 11) is 0. The van der Waals surface area contributed by atoms with Gasteiger partial charge in [-0.1, -0.05) is 16.9 Å². The fourth-order valence-electron chi connectivity index (χ4n) is 2.71. The molecule has 1 aromatic carbocycles. The van der Waals surface area contributed by atoms with Crippen LogP contribution in [0.25, 0.3) is 17.2 Å². The molecule has 3 heterocycles. The summed E-state index contributed by atoms with van der Waals surface area (Å²) < 4.78 is 7.22. The van der Waals surface area contributed by atoms with Crippen LogP contribution in [0.5, 0.6) is 0 Å². The van der Waals surface area contributed by atoms with Crippen molar-refractivity contribution in [2.45, 2.75) is 29.5 Å². The molecule has 0 amide bonds. The Morgan fingerprint density at radius 1 is 1.07 bits per heavy atom. The van der Waals surface area contributed by atoms with Crippen molar-refractivity contribution in [3.05, 3.63) is 60.0 Å². The minimum absolute atomic E-state index is 0.501. The molecule has 0 unspecified atom stereocenters. The first-order valence-electron chi connectivity index (χ1n) is 8.58. The van der Waals surface area contributed by atoms with Crippen molar-refractivity contribution in [1.29, 1.82) is 0 Å². The highest BCUT2D eigenvalue weighted by molar-refractivity contribution is 7.98. The molecule has 0 N–H and O–H groups in total. The van der Waals surface area contributed by atoms with E-state index < -0.39 is 0 Å². The van der Waals surface area contributed by atoms with Gasteiger partial charge in [0.25, 0.3) is 0 Å². The second kappa shape index (κ2) is 8.15. The van der Waals surface area contributed by atoms with Crippen LogP contribution in [0.3, 0.4) is 0 Å². The molecule has 4 aromatic rings. The Labute approximate surface area is 171 Å². The third-order valence-electron chi connectivity index (χ3n) is 4.01. The molecular weight excluding hydrogens is 392 g/mol. The second-order valence-electron chi connectivity index (χ2n) is 6.05. The predicted octanol–water partition coefficient (Wildman–Crippen LogP) is 4.34. The molecule has 0 aliphatic heterocycles. The van der Waals surface area contributed by atoms with Gasteiger partial charge in [0, 0.05) is 28.5 Å². The summed E-state index contributed by atoms with van der Waals surface area (Å²) >= 11 is 3.19. The Morgan fingerprint density at radius 3 is 2.57 bits per heavy atom. The number of rotatable bonds is 6. The third kappa shape index (κ3) is 3.95. The molecule has 142 valence electrons. The van der Waals surface area contributed by atoms with Gasteiger partial charge >= 0.3 is 0 Å². The van der Waals surface area contributed by atoms with Crippen LogP contribution in [0.15, 0.2) is 57.2 Å². The zero-order chi connectivity index (χ0) is 19.5. The maximum Gasteiger partial charge on any atom is 0.237 e. The Balaban J connectivity index is 1.51. The average molecular weight is 411 g/mol. The van der Waals surface area contributed by atoms with E-state index in [1.165, 1.54) is 16.7 Å². The number of benzene rings is 1. The van der Waals surface area contributed by atoms with E-state index in [1.807, 2.05) is 50.4 Å². The zero-order valence-corrected chi connectivity index (χ0v) is 17.3. The van der Waals surface area contributed by atoms with E-state index in [9.17, 15) is 0 Å². The molecule has 0 aliphatic rings. The first-order valence-corrected chi connectivity index (χ1v) is 10.8. The summed E-state index contributed by atoms with van der Waals surface area (Å²) in [6.07, 6.45) is 5.38. The van der Waals surface area contributed by atoms with Gasteiger partial charge in [-0.25, -0.2) is 14.6 Å². The van der Waals surface area contributed by atoms with E-state index in [2.05, 4.69) is 25.2 Å². The highest BCUT2D eigenvalue weighted by Gasteiger charge is 2.15. The van der Waals surface area contributed by atoms with Crippen molar-refractivity contribution in [3.8, 4) is 17.2 Å². The Kier molecular flexibility index (Phi) is 5.45. The van der Waals surface area contributed by atoms with E-state index in [0.29, 0.717) is 23.3 Å². The fraction of sp³-hybridized carbons (Fsp3) is 0.211. The molecule has 0 atom stereocenters. The minimum Gasteiger partial charge on any atom is -0.338 e. The van der Waals surface area contributed by atoms with E-state index in [0.717, 1.165) is 22.0 Å². The van der Waals surface area contributed by atoms with Crippen LogP contribution in [-0.2, 0) is 5.75 Å². The maximum atomic E-state index is 5.41. The van der Waals surface area contributed by atoms with Crippen molar-refractivity contribution < 1.29 is 4.52 Å². The van der Waals surface area contributed by atoms with Crippen LogP contribution in [0, 0.1) is 13.8 Å². The van der Waals surface area contributed by atoms with Crippen LogP contribution in [0.2, 0.25) is 0 Å². The van der Waals surface area contributed by atoms with Gasteiger partial charge in [-0.3, -0.25) is 0 Å². The number of thioether (sulfide) groups is 2. The lowest BCUT2D eigenvalue weighted by molar-refractivity contribution is 0.391. The van der Waals surface area contributed by atoms with Crippen molar-refractivity contribution in [2.24, 2.45) is 0 Å². The quantitative estimate of drug-likeness (QED) is 0.434. The van der Waals surface area contributed by atoms with Gasteiger partial charge in [0.15, 0.2) is 5.82 Å². The topological polar surface area (TPSA) is 82.5 Å². The van der Waals surface area contributed by atoms with Crippen LogP contribution in [0.4, 0.5) is 0 Å². The van der Waals surface area contributed by atoms with Gasteiger partial charge in [-0.2, -0.15) is 10.1 Å². The zero-order valence-electron chi connectivity index (χ0n) is 15.7. The molecule has 0 aliphatic carbocycles. The molecule has 0 saturated carbocycles. The Bertz CT molecular complexity index is 1090. The molecule has 3 aromatic heterocycles. The van der Waals surface area contributed by atoms with Gasteiger partial charge in [-0.05, 0) is 50.4 Å². The number of aromatic nitrogens is 6. The van der Waals surface area contributed by atoms with Crippen LogP contribution in [-0.4, -0.2) is 36.1 Å². The summed E-state index contributed by atoms with van der Waals surface area (Å²) in [5, 5.41) is 9.36. The summed E-state index contributed by atoms with van der Waals surface area (Å²) in [6.45, 7) is 3.95. The first kappa shape index (κ1) is 18.7. The second-order valence-corrected chi connectivity index (χ2v) is 7.90. The molecule has 28 heavy (non-hydrogen) atoms. The molecule has 0 fully saturated rings. The molecular formula is C19H18N6OS2. The maximum absolute atomic E-state index is 5.41. The lowest BCUT2D eigenvalue weighted by Gasteiger charge is -2.07. The van der Waals surface area contributed by atoms with Crippen LogP contribution in [0.1, 0.15) is 17.3 Å². The molecule has 0 saturated heterocycles. The SMILES string of the molecule is CSc1ccc(-c2noc(CSc3nccnc3-n3nc(C)cc3C)n2)cc1. The van der Waals surface area contributed by atoms with E-state index in [1.54, 1.807) is 28.8 Å². The Morgan fingerprint density at radius 2 is 1.86 bits per heavy atom. The van der Waals surface area contributed by atoms with Crippen molar-refractivity contribution in [1.82, 2.24) is 29.9 Å². The van der Waals surface area contributed by atoms with Gasteiger partial charge in [0.05, 0.1) is 11.4 Å². The fourth-order valence-corrected chi connectivity index (χ4v) is 3.90. The number of hydrogen-bond donors (Lipinski definition) is 0. The molecule has 0 radical (unpaired) electrons. The standard InChI is InChI=1S/C19H18N6OS2/c1-12-10-13(2)25(23-12)18-19(21-9-8-20-18)28-11-16-22-17(24-26-16)14-4-6-15(27-3)7-5-14/h4-10H,11H2,1-3H3. The van der Waals surface area contributed by atoms with E-state index in [4.69, 9.17) is 4.52 Å². The molecule has 0 bridgehead atoms. The van der Waals surface area contributed by atoms with Crippen molar-refractivity contribution in [2.75, 3.05) is 6.26 Å². The molecule has 7 nitrogen and oxygen atoms in total. The van der Waals surface area contributed by atoms with Gasteiger partial charge < -0.3 is 4.52 Å². The smallest absolute Gasteiger partial charge is 0.237 e. The molecule has 0 spiro atoms. The minimum atomic E-state index is 0.501. The van der Waals surface area contributed by atoms with Crippen molar-refractivity contribution in [3.63, 3.8) is 0 Å². The third-order valence-corrected chi connectivity index (χ3v) is 5.70. The average Bonchev–Trinajstić information content (AvgIpc) is 3.32. The molecule has 9 heteroatoms. The van der Waals surface area contributed by atoms with Crippen LogP contribution < -0.4 is 0 Å². The normalized spacial score (nSPS) is 11.1. The van der Waals surface area contributed by atoms with E-state index in [-0.39, 0.29) is 0 Å². The predicted molar refractivity (Wildman–Crippen MR) is 110 cm³/mol. The summed E-state index contributed by atoms with van der Waals surface area (Å²) in [6, 6.07) is 10.1. The number of aryl methyl sites for hydroxylation is 2. The lowest BCUT2D eigenvalue weighted by atomic mass is 10.2. The van der Waals surface area contributed by atoms with Gasteiger partial charge in [-0.15, -0.1) is 11.8 Å². The first-order chi connectivity index (χ1) is 13.6. The van der Waals surface area contributed by atoms with Crippen LogP contribution >= 0.6 is 23.5 Å². The highest BCUT2D eigenvalue weighted by Crippen LogP contribution is 2.27. The number of nitrogens with zero attached hydrogens (tertiary/aromatic N) is 6. The van der Waals surface area contributed by atoms with Gasteiger partial charge in [0.1, 0.15) is 5.03 Å².